The third kappa shape index (κ3) is 3.16. The zero-order valence-corrected chi connectivity index (χ0v) is 12.6. The monoisotopic (exact) mass is 246 g/mol. The maximum absolute atomic E-state index is 10.4. The Morgan fingerprint density at radius 2 is 1.61 bits per heavy atom. The highest BCUT2D eigenvalue weighted by atomic mass is 16.3. The molecule has 0 saturated carbocycles. The van der Waals surface area contributed by atoms with Crippen LogP contribution >= 0.6 is 0 Å². The van der Waals surface area contributed by atoms with Crippen molar-refractivity contribution in [3.63, 3.8) is 0 Å². The van der Waals surface area contributed by atoms with Gasteiger partial charge in [0.25, 0.3) is 0 Å². The number of phenols is 1. The smallest absolute Gasteiger partial charge is 0.122 e. The highest BCUT2D eigenvalue weighted by Crippen LogP contribution is 2.37. The highest BCUT2D eigenvalue weighted by Gasteiger charge is 2.24. The SMILES string of the molecule is C=CCc1cc(C(C)(C)C)cc(C(C)(C)C)c1O. The Morgan fingerprint density at radius 3 is 2.00 bits per heavy atom. The number of benzene rings is 1. The van der Waals surface area contributed by atoms with Gasteiger partial charge in [-0.3, -0.25) is 0 Å². The van der Waals surface area contributed by atoms with Gasteiger partial charge in [0.2, 0.25) is 0 Å². The molecule has 1 aromatic rings. The molecule has 0 aliphatic carbocycles. The fourth-order valence-corrected chi connectivity index (χ4v) is 2.01. The number of aromatic hydroxyl groups is 1. The van der Waals surface area contributed by atoms with Crippen molar-refractivity contribution in [1.29, 1.82) is 0 Å². The van der Waals surface area contributed by atoms with Gasteiger partial charge in [-0.1, -0.05) is 59.8 Å². The molecule has 0 bridgehead atoms. The lowest BCUT2D eigenvalue weighted by molar-refractivity contribution is 0.439. The summed E-state index contributed by atoms with van der Waals surface area (Å²) in [6.07, 6.45) is 2.55. The second kappa shape index (κ2) is 4.79. The summed E-state index contributed by atoms with van der Waals surface area (Å²) in [7, 11) is 0. The third-order valence-corrected chi connectivity index (χ3v) is 3.23. The Labute approximate surface area is 112 Å². The van der Waals surface area contributed by atoms with Crippen LogP contribution in [0.1, 0.15) is 58.2 Å². The van der Waals surface area contributed by atoms with E-state index in [4.69, 9.17) is 0 Å². The predicted octanol–water partition coefficient (Wildman–Crippen LogP) is 4.72. The third-order valence-electron chi connectivity index (χ3n) is 3.23. The summed E-state index contributed by atoms with van der Waals surface area (Å²) in [5, 5.41) is 10.4. The van der Waals surface area contributed by atoms with E-state index in [-0.39, 0.29) is 10.8 Å². The van der Waals surface area contributed by atoms with Gasteiger partial charge in [0, 0.05) is 0 Å². The minimum absolute atomic E-state index is 0.0543. The zero-order valence-electron chi connectivity index (χ0n) is 12.6. The fraction of sp³-hybridized carbons (Fsp3) is 0.529. The molecule has 0 aliphatic rings. The van der Waals surface area contributed by atoms with Gasteiger partial charge >= 0.3 is 0 Å². The van der Waals surface area contributed by atoms with Crippen LogP contribution in [0.5, 0.6) is 5.75 Å². The largest absolute Gasteiger partial charge is 0.507 e. The van der Waals surface area contributed by atoms with Crippen molar-refractivity contribution in [2.75, 3.05) is 0 Å². The molecule has 0 spiro atoms. The van der Waals surface area contributed by atoms with E-state index in [1.54, 1.807) is 0 Å². The van der Waals surface area contributed by atoms with E-state index in [2.05, 4.69) is 60.3 Å². The van der Waals surface area contributed by atoms with Crippen LogP contribution < -0.4 is 0 Å². The molecule has 0 aromatic heterocycles. The van der Waals surface area contributed by atoms with Crippen LogP contribution in [0.2, 0.25) is 0 Å². The topological polar surface area (TPSA) is 20.2 Å². The van der Waals surface area contributed by atoms with Crippen molar-refractivity contribution in [2.45, 2.75) is 58.8 Å². The summed E-state index contributed by atoms with van der Waals surface area (Å²) in [6, 6.07) is 4.24. The lowest BCUT2D eigenvalue weighted by Crippen LogP contribution is -2.17. The van der Waals surface area contributed by atoms with Gasteiger partial charge in [0.15, 0.2) is 0 Å². The molecule has 1 N–H and O–H groups in total. The lowest BCUT2D eigenvalue weighted by Gasteiger charge is -2.27. The minimum Gasteiger partial charge on any atom is -0.507 e. The molecule has 100 valence electrons. The summed E-state index contributed by atoms with van der Waals surface area (Å²) in [5.41, 5.74) is 3.29. The second-order valence-electron chi connectivity index (χ2n) is 7.02. The highest BCUT2D eigenvalue weighted by molar-refractivity contribution is 5.49. The number of phenolic OH excluding ortho intramolecular Hbond substituents is 1. The summed E-state index contributed by atoms with van der Waals surface area (Å²) in [4.78, 5) is 0. The molecule has 0 saturated heterocycles. The molecule has 1 rings (SSSR count). The Kier molecular flexibility index (Phi) is 3.95. The van der Waals surface area contributed by atoms with Crippen LogP contribution in [-0.4, -0.2) is 5.11 Å². The summed E-state index contributed by atoms with van der Waals surface area (Å²) < 4.78 is 0. The predicted molar refractivity (Wildman–Crippen MR) is 79.4 cm³/mol. The fourth-order valence-electron chi connectivity index (χ4n) is 2.01. The first-order valence-corrected chi connectivity index (χ1v) is 6.55. The lowest BCUT2D eigenvalue weighted by atomic mass is 9.78. The van der Waals surface area contributed by atoms with Crippen LogP contribution in [0.3, 0.4) is 0 Å². The molecule has 0 amide bonds. The Hall–Kier alpha value is -1.24. The molecule has 1 nitrogen and oxygen atoms in total. The van der Waals surface area contributed by atoms with Gasteiger partial charge in [0.05, 0.1) is 0 Å². The quantitative estimate of drug-likeness (QED) is 0.749. The first-order chi connectivity index (χ1) is 8.07. The number of allylic oxidation sites excluding steroid dienone is 1. The molecule has 1 heteroatoms. The first kappa shape index (κ1) is 14.8. The van der Waals surface area contributed by atoms with Crippen molar-refractivity contribution >= 4 is 0 Å². The van der Waals surface area contributed by atoms with Gasteiger partial charge in [-0.25, -0.2) is 0 Å². The molecule has 0 aliphatic heterocycles. The maximum Gasteiger partial charge on any atom is 0.122 e. The zero-order chi connectivity index (χ0) is 14.1. The molecule has 1 aromatic carbocycles. The van der Waals surface area contributed by atoms with E-state index in [1.165, 1.54) is 5.56 Å². The standard InChI is InChI=1S/C17H26O/c1-8-9-12-10-13(16(2,3)4)11-14(15(12)18)17(5,6)7/h8,10-11,18H,1,9H2,2-7H3. The maximum atomic E-state index is 10.4. The molecule has 0 atom stereocenters. The van der Waals surface area contributed by atoms with E-state index < -0.39 is 0 Å². The van der Waals surface area contributed by atoms with E-state index in [0.717, 1.165) is 11.1 Å². The number of hydrogen-bond donors (Lipinski definition) is 1. The van der Waals surface area contributed by atoms with Gasteiger partial charge in [-0.15, -0.1) is 6.58 Å². The van der Waals surface area contributed by atoms with Crippen LogP contribution in [0.25, 0.3) is 0 Å². The second-order valence-corrected chi connectivity index (χ2v) is 7.02. The van der Waals surface area contributed by atoms with Crippen molar-refractivity contribution in [1.82, 2.24) is 0 Å². The molecule has 18 heavy (non-hydrogen) atoms. The Balaban J connectivity index is 3.52. The van der Waals surface area contributed by atoms with Gasteiger partial charge in [-0.2, -0.15) is 0 Å². The molecule has 0 unspecified atom stereocenters. The molecular weight excluding hydrogens is 220 g/mol. The van der Waals surface area contributed by atoms with Crippen molar-refractivity contribution in [2.24, 2.45) is 0 Å². The Morgan fingerprint density at radius 1 is 1.06 bits per heavy atom. The van der Waals surface area contributed by atoms with Crippen molar-refractivity contribution < 1.29 is 5.11 Å². The summed E-state index contributed by atoms with van der Waals surface area (Å²) >= 11 is 0. The van der Waals surface area contributed by atoms with Crippen LogP contribution in [0, 0.1) is 0 Å². The summed E-state index contributed by atoms with van der Waals surface area (Å²) in [6.45, 7) is 16.8. The molecular formula is C17H26O. The van der Waals surface area contributed by atoms with Gasteiger partial charge in [-0.05, 0) is 33.9 Å². The molecule has 0 fully saturated rings. The first-order valence-electron chi connectivity index (χ1n) is 6.55. The van der Waals surface area contributed by atoms with Crippen LogP contribution in [0.4, 0.5) is 0 Å². The van der Waals surface area contributed by atoms with Gasteiger partial charge < -0.3 is 5.11 Å². The van der Waals surface area contributed by atoms with Crippen LogP contribution in [-0.2, 0) is 17.3 Å². The van der Waals surface area contributed by atoms with Crippen molar-refractivity contribution in [3.8, 4) is 5.75 Å². The average Bonchev–Trinajstić information content (AvgIpc) is 2.17. The number of hydrogen-bond acceptors (Lipinski definition) is 1. The van der Waals surface area contributed by atoms with E-state index >= 15 is 0 Å². The molecule has 0 heterocycles. The normalized spacial score (nSPS) is 12.6. The van der Waals surface area contributed by atoms with Crippen LogP contribution in [0.15, 0.2) is 24.8 Å². The average molecular weight is 246 g/mol. The van der Waals surface area contributed by atoms with Gasteiger partial charge in [0.1, 0.15) is 5.75 Å². The van der Waals surface area contributed by atoms with Crippen molar-refractivity contribution in [3.05, 3.63) is 41.5 Å². The van der Waals surface area contributed by atoms with E-state index in [9.17, 15) is 5.11 Å². The Bertz CT molecular complexity index is 442. The molecule has 0 radical (unpaired) electrons. The summed E-state index contributed by atoms with van der Waals surface area (Å²) in [5.74, 6) is 0.426. The van der Waals surface area contributed by atoms with E-state index in [0.29, 0.717) is 12.2 Å². The van der Waals surface area contributed by atoms with E-state index in [1.807, 2.05) is 6.08 Å². The number of rotatable bonds is 2. The minimum atomic E-state index is -0.0543.